The van der Waals surface area contributed by atoms with Gasteiger partial charge in [-0.25, -0.2) is 4.79 Å². The first-order chi connectivity index (χ1) is 21.9. The summed E-state index contributed by atoms with van der Waals surface area (Å²) in [7, 11) is 1.69. The van der Waals surface area contributed by atoms with E-state index in [9.17, 15) is 9.90 Å². The molecular weight excluding hydrogens is 584 g/mol. The molecule has 8 rings (SSSR count). The van der Waals surface area contributed by atoms with Gasteiger partial charge in [0.25, 0.3) is 0 Å². The number of carbonyl (C=O) groups excluding carboxylic acids is 1. The Labute approximate surface area is 270 Å². The summed E-state index contributed by atoms with van der Waals surface area (Å²) in [5.74, 6) is 3.94. The van der Waals surface area contributed by atoms with Gasteiger partial charge in [0, 0.05) is 33.4 Å². The third-order valence-electron chi connectivity index (χ3n) is 10.4. The second-order valence-corrected chi connectivity index (χ2v) is 14.7. The largest absolute Gasteiger partial charge is 0.496 e. The highest BCUT2D eigenvalue weighted by atomic mass is 32.2. The van der Waals surface area contributed by atoms with Gasteiger partial charge in [0.05, 0.1) is 25.9 Å². The number of anilines is 1. The molecule has 0 radical (unpaired) electrons. The number of ether oxygens (including phenoxy) is 3. The molecule has 7 nitrogen and oxygen atoms in total. The summed E-state index contributed by atoms with van der Waals surface area (Å²) in [6, 6.07) is 23.7. The molecule has 2 amide bonds. The standard InChI is InChI=1S/C37H44N2O5S/c1-23-32(22-45-33-9-4-3-8-31(33)42-2)43-35(44-34(23)28-12-10-24(21-40)11-13-28)29-6-5-7-30(17-29)38-36(41)39-37-18-25-14-26(19-37)16-27(15-25)20-37/h3-13,17,23,25-27,32,34-35,40H,14-16,18-22H2,1-2H3,(H2,38,39,41)/t23-,25?,26?,27?,32+,34+,35+,37?/m1/s1. The van der Waals surface area contributed by atoms with Crippen molar-refractivity contribution in [3.05, 3.63) is 89.5 Å². The van der Waals surface area contributed by atoms with Crippen LogP contribution in [0.25, 0.3) is 0 Å². The van der Waals surface area contributed by atoms with E-state index in [-0.39, 0.29) is 36.3 Å². The van der Waals surface area contributed by atoms with E-state index in [1.807, 2.05) is 66.7 Å². The van der Waals surface area contributed by atoms with Crippen LogP contribution in [0.15, 0.2) is 77.7 Å². The van der Waals surface area contributed by atoms with Crippen molar-refractivity contribution >= 4 is 23.5 Å². The van der Waals surface area contributed by atoms with E-state index < -0.39 is 6.29 Å². The molecule has 1 aliphatic heterocycles. The van der Waals surface area contributed by atoms with Crippen molar-refractivity contribution in [2.75, 3.05) is 18.2 Å². The van der Waals surface area contributed by atoms with Gasteiger partial charge >= 0.3 is 6.03 Å². The van der Waals surface area contributed by atoms with E-state index in [0.29, 0.717) is 0 Å². The monoisotopic (exact) mass is 628 g/mol. The van der Waals surface area contributed by atoms with E-state index in [0.717, 1.165) is 75.8 Å². The zero-order chi connectivity index (χ0) is 31.0. The van der Waals surface area contributed by atoms with Gasteiger partial charge in [-0.2, -0.15) is 0 Å². The number of urea groups is 1. The molecule has 3 aromatic carbocycles. The number of rotatable bonds is 9. The third-order valence-corrected chi connectivity index (χ3v) is 11.6. The van der Waals surface area contributed by atoms with E-state index in [1.165, 1.54) is 19.3 Å². The van der Waals surface area contributed by atoms with Crippen LogP contribution in [0.4, 0.5) is 10.5 Å². The van der Waals surface area contributed by atoms with Crippen LogP contribution in [0.2, 0.25) is 0 Å². The van der Waals surface area contributed by atoms with Crippen LogP contribution in [0.3, 0.4) is 0 Å². The fourth-order valence-electron chi connectivity index (χ4n) is 8.65. The third kappa shape index (κ3) is 6.61. The number of benzene rings is 3. The fourth-order valence-corrected chi connectivity index (χ4v) is 9.84. The Morgan fingerprint density at radius 2 is 1.64 bits per heavy atom. The van der Waals surface area contributed by atoms with Crippen molar-refractivity contribution in [1.82, 2.24) is 5.32 Å². The fraction of sp³-hybridized carbons (Fsp3) is 0.486. The molecule has 238 valence electrons. The maximum absolute atomic E-state index is 13.3. The molecule has 0 unspecified atom stereocenters. The van der Waals surface area contributed by atoms with Gasteiger partial charge in [0.2, 0.25) is 0 Å². The second-order valence-electron chi connectivity index (χ2n) is 13.7. The van der Waals surface area contributed by atoms with E-state index in [2.05, 4.69) is 23.6 Å². The van der Waals surface area contributed by atoms with E-state index >= 15 is 0 Å². The first-order valence-electron chi connectivity index (χ1n) is 16.4. The van der Waals surface area contributed by atoms with Gasteiger partial charge < -0.3 is 30.0 Å². The Kier molecular flexibility index (Phi) is 8.83. The minimum absolute atomic E-state index is 0.00149. The van der Waals surface area contributed by atoms with E-state index in [4.69, 9.17) is 14.2 Å². The Bertz CT molecular complexity index is 1460. The summed E-state index contributed by atoms with van der Waals surface area (Å²) in [6.07, 6.45) is 6.43. The molecule has 3 aromatic rings. The summed E-state index contributed by atoms with van der Waals surface area (Å²) in [5, 5.41) is 16.1. The molecule has 1 saturated heterocycles. The van der Waals surface area contributed by atoms with Crippen LogP contribution in [-0.2, 0) is 16.1 Å². The van der Waals surface area contributed by atoms with Gasteiger partial charge in [0.15, 0.2) is 6.29 Å². The Morgan fingerprint density at radius 1 is 0.933 bits per heavy atom. The number of thioether (sulfide) groups is 1. The first kappa shape index (κ1) is 30.6. The number of aliphatic hydroxyl groups excluding tert-OH is 1. The second kappa shape index (κ2) is 13.0. The molecular formula is C37H44N2O5S. The molecule has 5 fully saturated rings. The van der Waals surface area contributed by atoms with Crippen molar-refractivity contribution in [3.63, 3.8) is 0 Å². The highest BCUT2D eigenvalue weighted by molar-refractivity contribution is 7.99. The quantitative estimate of drug-likeness (QED) is 0.209. The Hall–Kier alpha value is -3.04. The summed E-state index contributed by atoms with van der Waals surface area (Å²) >= 11 is 1.72. The van der Waals surface area contributed by atoms with Crippen LogP contribution in [-0.4, -0.2) is 35.6 Å². The van der Waals surface area contributed by atoms with Gasteiger partial charge in [0.1, 0.15) is 5.75 Å². The van der Waals surface area contributed by atoms with Crippen LogP contribution < -0.4 is 15.4 Å². The predicted molar refractivity (Wildman–Crippen MR) is 176 cm³/mol. The smallest absolute Gasteiger partial charge is 0.319 e. The number of methoxy groups -OCH3 is 1. The highest BCUT2D eigenvalue weighted by Crippen LogP contribution is 2.55. The lowest BCUT2D eigenvalue weighted by molar-refractivity contribution is -0.268. The van der Waals surface area contributed by atoms with Crippen LogP contribution >= 0.6 is 11.8 Å². The Balaban J connectivity index is 1.08. The number of carbonyl (C=O) groups is 1. The minimum Gasteiger partial charge on any atom is -0.496 e. The molecule has 4 atom stereocenters. The summed E-state index contributed by atoms with van der Waals surface area (Å²) in [6.45, 7) is 2.17. The maximum atomic E-state index is 13.3. The Morgan fingerprint density at radius 3 is 2.33 bits per heavy atom. The molecule has 4 saturated carbocycles. The summed E-state index contributed by atoms with van der Waals surface area (Å²) < 4.78 is 18.9. The molecule has 4 bridgehead atoms. The van der Waals surface area contributed by atoms with Crippen molar-refractivity contribution in [3.8, 4) is 5.75 Å². The molecule has 8 heteroatoms. The number of aliphatic hydroxyl groups is 1. The lowest BCUT2D eigenvalue weighted by Crippen LogP contribution is -2.60. The van der Waals surface area contributed by atoms with Crippen LogP contribution in [0.5, 0.6) is 5.75 Å². The molecule has 3 N–H and O–H groups in total. The molecule has 5 aliphatic rings. The lowest BCUT2D eigenvalue weighted by Gasteiger charge is -2.56. The molecule has 1 heterocycles. The molecule has 0 aromatic heterocycles. The molecule has 4 aliphatic carbocycles. The average molecular weight is 629 g/mol. The van der Waals surface area contributed by atoms with Crippen molar-refractivity contribution in [2.24, 2.45) is 23.7 Å². The van der Waals surface area contributed by atoms with Gasteiger partial charge in [-0.15, -0.1) is 11.8 Å². The number of amides is 2. The highest BCUT2D eigenvalue weighted by Gasteiger charge is 2.51. The number of nitrogens with one attached hydrogen (secondary N) is 2. The molecule has 45 heavy (non-hydrogen) atoms. The zero-order valence-corrected chi connectivity index (χ0v) is 26.9. The number of para-hydroxylation sites is 1. The van der Waals surface area contributed by atoms with Crippen molar-refractivity contribution in [2.45, 2.75) is 81.0 Å². The normalized spacial score (nSPS) is 31.8. The zero-order valence-electron chi connectivity index (χ0n) is 26.1. The van der Waals surface area contributed by atoms with Crippen molar-refractivity contribution < 1.29 is 24.1 Å². The first-order valence-corrected chi connectivity index (χ1v) is 17.3. The van der Waals surface area contributed by atoms with Gasteiger partial charge in [-0.3, -0.25) is 0 Å². The predicted octanol–water partition coefficient (Wildman–Crippen LogP) is 7.86. The minimum atomic E-state index is -0.611. The van der Waals surface area contributed by atoms with Crippen LogP contribution in [0, 0.1) is 23.7 Å². The van der Waals surface area contributed by atoms with Crippen LogP contribution in [0.1, 0.15) is 74.5 Å². The molecule has 0 spiro atoms. The average Bonchev–Trinajstić information content (AvgIpc) is 3.03. The number of hydrogen-bond donors (Lipinski definition) is 3. The van der Waals surface area contributed by atoms with Crippen molar-refractivity contribution in [1.29, 1.82) is 0 Å². The van der Waals surface area contributed by atoms with Gasteiger partial charge in [-0.1, -0.05) is 55.5 Å². The summed E-state index contributed by atoms with van der Waals surface area (Å²) in [5.41, 5.74) is 3.45. The topological polar surface area (TPSA) is 89.1 Å². The number of hydrogen-bond acceptors (Lipinski definition) is 6. The van der Waals surface area contributed by atoms with E-state index in [1.54, 1.807) is 18.9 Å². The van der Waals surface area contributed by atoms with Gasteiger partial charge in [-0.05, 0) is 91.7 Å². The maximum Gasteiger partial charge on any atom is 0.319 e. The summed E-state index contributed by atoms with van der Waals surface area (Å²) in [4.78, 5) is 14.4. The SMILES string of the molecule is COc1ccccc1SC[C@@H]1O[C@H](c2cccc(NC(=O)NC34CC5CC(CC(C5)C3)C4)c2)O[C@H](c2ccc(CO)cc2)[C@@H]1C. The lowest BCUT2D eigenvalue weighted by atomic mass is 9.53.